The van der Waals surface area contributed by atoms with Crippen LogP contribution in [0.25, 0.3) is 0 Å². The number of carbonyl (C=O) groups excluding carboxylic acids is 1. The third-order valence-corrected chi connectivity index (χ3v) is 3.12. The molecule has 0 unspecified atom stereocenters. The zero-order valence-corrected chi connectivity index (χ0v) is 12.5. The van der Waals surface area contributed by atoms with Gasteiger partial charge in [-0.3, -0.25) is 0 Å². The topological polar surface area (TPSA) is 44.8 Å². The molecule has 0 bridgehead atoms. The van der Waals surface area contributed by atoms with Crippen LogP contribution < -0.4 is 9.47 Å². The lowest BCUT2D eigenvalue weighted by molar-refractivity contribution is 0.0591. The van der Waals surface area contributed by atoms with Gasteiger partial charge in [-0.1, -0.05) is 29.8 Å². The Balaban J connectivity index is 2.25. The van der Waals surface area contributed by atoms with Crippen molar-refractivity contribution in [3.05, 3.63) is 58.6 Å². The summed E-state index contributed by atoms with van der Waals surface area (Å²) in [7, 11) is 2.80. The Labute approximate surface area is 128 Å². The summed E-state index contributed by atoms with van der Waals surface area (Å²) < 4.78 is 15.7. The third kappa shape index (κ3) is 3.67. The van der Waals surface area contributed by atoms with Crippen LogP contribution in [0.15, 0.2) is 42.5 Å². The number of benzene rings is 2. The minimum atomic E-state index is -0.506. The van der Waals surface area contributed by atoms with Gasteiger partial charge in [-0.15, -0.1) is 0 Å². The monoisotopic (exact) mass is 306 g/mol. The molecule has 0 aliphatic heterocycles. The maximum Gasteiger partial charge on any atom is 0.345 e. The summed E-state index contributed by atoms with van der Waals surface area (Å²) in [6, 6.07) is 12.4. The van der Waals surface area contributed by atoms with Crippen LogP contribution in [0.1, 0.15) is 15.9 Å². The number of esters is 1. The van der Waals surface area contributed by atoms with Gasteiger partial charge in [0.05, 0.1) is 14.2 Å². The van der Waals surface area contributed by atoms with Crippen LogP contribution in [0, 0.1) is 0 Å². The molecule has 0 saturated carbocycles. The highest BCUT2D eigenvalue weighted by Gasteiger charge is 2.19. The molecule has 0 N–H and O–H groups in total. The number of hydrogen-bond donors (Lipinski definition) is 0. The molecule has 0 fully saturated rings. The van der Waals surface area contributed by atoms with E-state index in [0.717, 1.165) is 5.56 Å². The standard InChI is InChI=1S/C16H15ClO4/c1-19-13-7-4-8-14(15(13)16(18)20-2)21-10-11-5-3-6-12(17)9-11/h3-9H,10H2,1-2H3. The smallest absolute Gasteiger partial charge is 0.345 e. The fourth-order valence-electron chi connectivity index (χ4n) is 1.89. The van der Waals surface area contributed by atoms with Crippen molar-refractivity contribution in [2.45, 2.75) is 6.61 Å². The van der Waals surface area contributed by atoms with Gasteiger partial charge in [0.15, 0.2) is 0 Å². The third-order valence-electron chi connectivity index (χ3n) is 2.88. The minimum Gasteiger partial charge on any atom is -0.496 e. The molecule has 0 aliphatic carbocycles. The van der Waals surface area contributed by atoms with Crippen molar-refractivity contribution >= 4 is 17.6 Å². The fourth-order valence-corrected chi connectivity index (χ4v) is 2.11. The van der Waals surface area contributed by atoms with E-state index in [1.54, 1.807) is 30.3 Å². The number of carbonyl (C=O) groups is 1. The summed E-state index contributed by atoms with van der Waals surface area (Å²) in [4.78, 5) is 11.9. The van der Waals surface area contributed by atoms with Gasteiger partial charge in [-0.2, -0.15) is 0 Å². The van der Waals surface area contributed by atoms with E-state index in [1.165, 1.54) is 14.2 Å². The quantitative estimate of drug-likeness (QED) is 0.790. The van der Waals surface area contributed by atoms with E-state index in [-0.39, 0.29) is 12.2 Å². The Morgan fingerprint density at radius 3 is 2.48 bits per heavy atom. The first-order valence-electron chi connectivity index (χ1n) is 6.28. The molecule has 0 amide bonds. The van der Waals surface area contributed by atoms with Crippen LogP contribution in [-0.2, 0) is 11.3 Å². The Bertz CT molecular complexity index is 640. The van der Waals surface area contributed by atoms with Gasteiger partial charge in [0, 0.05) is 5.02 Å². The number of rotatable bonds is 5. The molecule has 0 aliphatic rings. The molecule has 2 aromatic rings. The van der Waals surface area contributed by atoms with Gasteiger partial charge in [-0.05, 0) is 29.8 Å². The van der Waals surface area contributed by atoms with E-state index in [0.29, 0.717) is 16.5 Å². The van der Waals surface area contributed by atoms with E-state index in [1.807, 2.05) is 12.1 Å². The van der Waals surface area contributed by atoms with E-state index >= 15 is 0 Å². The number of ether oxygens (including phenoxy) is 3. The van der Waals surface area contributed by atoms with Gasteiger partial charge < -0.3 is 14.2 Å². The molecule has 2 aromatic carbocycles. The first-order valence-corrected chi connectivity index (χ1v) is 6.66. The predicted molar refractivity (Wildman–Crippen MR) is 80.1 cm³/mol. The summed E-state index contributed by atoms with van der Waals surface area (Å²) in [5, 5.41) is 0.634. The second-order valence-electron chi connectivity index (χ2n) is 4.24. The summed E-state index contributed by atoms with van der Waals surface area (Å²) >= 11 is 5.93. The Hall–Kier alpha value is -2.20. The second kappa shape index (κ2) is 6.99. The van der Waals surface area contributed by atoms with Gasteiger partial charge in [0.1, 0.15) is 23.7 Å². The Morgan fingerprint density at radius 1 is 1.10 bits per heavy atom. The van der Waals surface area contributed by atoms with Crippen molar-refractivity contribution < 1.29 is 19.0 Å². The summed E-state index contributed by atoms with van der Waals surface area (Å²) in [6.45, 7) is 0.289. The summed E-state index contributed by atoms with van der Waals surface area (Å²) in [5.41, 5.74) is 1.17. The van der Waals surface area contributed by atoms with Gasteiger partial charge >= 0.3 is 5.97 Å². The molecule has 5 heteroatoms. The molecular weight excluding hydrogens is 292 g/mol. The van der Waals surface area contributed by atoms with Crippen LogP contribution in [0.2, 0.25) is 5.02 Å². The van der Waals surface area contributed by atoms with Crippen LogP contribution >= 0.6 is 11.6 Å². The fraction of sp³-hybridized carbons (Fsp3) is 0.188. The number of halogens is 1. The van der Waals surface area contributed by atoms with E-state index in [2.05, 4.69) is 0 Å². The van der Waals surface area contributed by atoms with Crippen molar-refractivity contribution in [1.82, 2.24) is 0 Å². The predicted octanol–water partition coefficient (Wildman–Crippen LogP) is 3.71. The van der Waals surface area contributed by atoms with Gasteiger partial charge in [-0.25, -0.2) is 4.79 Å². The molecule has 0 saturated heterocycles. The van der Waals surface area contributed by atoms with Crippen LogP contribution in [0.5, 0.6) is 11.5 Å². The Kier molecular flexibility index (Phi) is 5.06. The highest BCUT2D eigenvalue weighted by molar-refractivity contribution is 6.30. The van der Waals surface area contributed by atoms with Crippen molar-refractivity contribution in [3.63, 3.8) is 0 Å². The average molecular weight is 307 g/mol. The van der Waals surface area contributed by atoms with E-state index < -0.39 is 5.97 Å². The maximum atomic E-state index is 11.9. The van der Waals surface area contributed by atoms with Gasteiger partial charge in [0.2, 0.25) is 0 Å². The molecule has 4 nitrogen and oxygen atoms in total. The molecule has 0 heterocycles. The molecule has 0 spiro atoms. The normalized spacial score (nSPS) is 10.0. The second-order valence-corrected chi connectivity index (χ2v) is 4.68. The van der Waals surface area contributed by atoms with Crippen LogP contribution in [0.3, 0.4) is 0 Å². The molecular formula is C16H15ClO4. The zero-order valence-electron chi connectivity index (χ0n) is 11.8. The number of hydrogen-bond acceptors (Lipinski definition) is 4. The lowest BCUT2D eigenvalue weighted by Crippen LogP contribution is -2.08. The van der Waals surface area contributed by atoms with Gasteiger partial charge in [0.25, 0.3) is 0 Å². The summed E-state index contributed by atoms with van der Waals surface area (Å²) in [6.07, 6.45) is 0. The van der Waals surface area contributed by atoms with Crippen LogP contribution in [0.4, 0.5) is 0 Å². The van der Waals surface area contributed by atoms with Crippen LogP contribution in [-0.4, -0.2) is 20.2 Å². The first kappa shape index (κ1) is 15.2. The number of methoxy groups -OCH3 is 2. The SMILES string of the molecule is COC(=O)c1c(OC)cccc1OCc1cccc(Cl)c1. The van der Waals surface area contributed by atoms with Crippen molar-refractivity contribution in [3.8, 4) is 11.5 Å². The van der Waals surface area contributed by atoms with Crippen molar-refractivity contribution in [2.75, 3.05) is 14.2 Å². The molecule has 0 atom stereocenters. The highest BCUT2D eigenvalue weighted by atomic mass is 35.5. The lowest BCUT2D eigenvalue weighted by atomic mass is 10.1. The first-order chi connectivity index (χ1) is 10.2. The van der Waals surface area contributed by atoms with E-state index in [4.69, 9.17) is 25.8 Å². The Morgan fingerprint density at radius 2 is 1.81 bits per heavy atom. The molecule has 110 valence electrons. The van der Waals surface area contributed by atoms with Crippen molar-refractivity contribution in [1.29, 1.82) is 0 Å². The lowest BCUT2D eigenvalue weighted by Gasteiger charge is -2.13. The largest absolute Gasteiger partial charge is 0.496 e. The zero-order chi connectivity index (χ0) is 15.2. The minimum absolute atomic E-state index is 0.268. The molecule has 21 heavy (non-hydrogen) atoms. The molecule has 2 rings (SSSR count). The molecule has 0 radical (unpaired) electrons. The van der Waals surface area contributed by atoms with E-state index in [9.17, 15) is 4.79 Å². The average Bonchev–Trinajstić information content (AvgIpc) is 2.51. The van der Waals surface area contributed by atoms with Crippen molar-refractivity contribution in [2.24, 2.45) is 0 Å². The molecule has 0 aromatic heterocycles. The maximum absolute atomic E-state index is 11.9. The summed E-state index contributed by atoms with van der Waals surface area (Å²) in [5.74, 6) is 0.306. The highest BCUT2D eigenvalue weighted by Crippen LogP contribution is 2.29.